The van der Waals surface area contributed by atoms with Crippen LogP contribution in [0.5, 0.6) is 5.75 Å². The normalized spacial score (nSPS) is 14.4. The smallest absolute Gasteiger partial charge is 0.201 e. The Hall–Kier alpha value is -2.20. The number of carbonyl (C=O) groups excluding carboxylic acids is 2. The zero-order valence-electron chi connectivity index (χ0n) is 11.2. The molecule has 21 heavy (non-hydrogen) atoms. The molecule has 0 bridgehead atoms. The molecule has 0 unspecified atom stereocenters. The highest BCUT2D eigenvalue weighted by Gasteiger charge is 2.32. The van der Waals surface area contributed by atoms with E-state index in [0.717, 1.165) is 5.56 Å². The lowest BCUT2D eigenvalue weighted by Crippen LogP contribution is -2.20. The van der Waals surface area contributed by atoms with Gasteiger partial charge in [-0.3, -0.25) is 9.59 Å². The number of carbonyl (C=O) groups is 2. The van der Waals surface area contributed by atoms with Crippen LogP contribution in [-0.2, 0) is 0 Å². The summed E-state index contributed by atoms with van der Waals surface area (Å²) in [4.78, 5) is 25.2. The molecule has 0 radical (unpaired) electrons. The number of phenols is 1. The molecule has 0 saturated heterocycles. The van der Waals surface area contributed by atoms with Gasteiger partial charge in [0.05, 0.1) is 4.48 Å². The van der Waals surface area contributed by atoms with E-state index in [9.17, 15) is 14.7 Å². The molecule has 3 rings (SSSR count). The Bertz CT molecular complexity index is 801. The number of aromatic hydroxyl groups is 1. The highest BCUT2D eigenvalue weighted by Crippen LogP contribution is 2.36. The van der Waals surface area contributed by atoms with Gasteiger partial charge in [-0.15, -0.1) is 0 Å². The Labute approximate surface area is 130 Å². The van der Waals surface area contributed by atoms with Crippen LogP contribution in [0.3, 0.4) is 0 Å². The number of Topliss-reactive ketones (excluding diaryl/α,β-unsaturated/α-hetero) is 2. The molecule has 0 aliphatic heterocycles. The third kappa shape index (κ3) is 2.12. The predicted molar refractivity (Wildman–Crippen MR) is 83.8 cm³/mol. The summed E-state index contributed by atoms with van der Waals surface area (Å²) < 4.78 is 0.260. The van der Waals surface area contributed by atoms with Gasteiger partial charge < -0.3 is 5.11 Å². The van der Waals surface area contributed by atoms with Crippen molar-refractivity contribution in [3.05, 3.63) is 69.2 Å². The number of aryl methyl sites for hydroxylation is 1. The average molecular weight is 343 g/mol. The van der Waals surface area contributed by atoms with Crippen LogP contribution in [0.4, 0.5) is 0 Å². The molecule has 3 nitrogen and oxygen atoms in total. The molecule has 2 aromatic rings. The molecule has 0 amide bonds. The van der Waals surface area contributed by atoms with Crippen LogP contribution in [0.25, 0.3) is 5.57 Å². The number of phenolic OH excluding ortho intramolecular Hbond substituents is 1. The van der Waals surface area contributed by atoms with Crippen LogP contribution < -0.4 is 0 Å². The molecule has 1 N–H and O–H groups in total. The van der Waals surface area contributed by atoms with E-state index in [1.807, 2.05) is 13.0 Å². The van der Waals surface area contributed by atoms with Gasteiger partial charge in [0, 0.05) is 16.7 Å². The minimum absolute atomic E-state index is 0.113. The molecular weight excluding hydrogens is 332 g/mol. The van der Waals surface area contributed by atoms with Crippen molar-refractivity contribution in [1.29, 1.82) is 0 Å². The second kappa shape index (κ2) is 4.97. The molecule has 4 heteroatoms. The molecule has 0 saturated carbocycles. The topological polar surface area (TPSA) is 54.4 Å². The fraction of sp³-hybridized carbons (Fsp3) is 0.0588. The first-order valence-electron chi connectivity index (χ1n) is 6.39. The quantitative estimate of drug-likeness (QED) is 0.855. The monoisotopic (exact) mass is 342 g/mol. The Morgan fingerprint density at radius 1 is 0.952 bits per heavy atom. The molecule has 0 spiro atoms. The highest BCUT2D eigenvalue weighted by atomic mass is 79.9. The number of benzene rings is 2. The van der Waals surface area contributed by atoms with E-state index >= 15 is 0 Å². The maximum absolute atomic E-state index is 12.8. The third-order valence-corrected chi connectivity index (χ3v) is 4.30. The van der Waals surface area contributed by atoms with Gasteiger partial charge in [0.1, 0.15) is 5.75 Å². The second-order valence-electron chi connectivity index (χ2n) is 4.89. The number of allylic oxidation sites excluding steroid dienone is 2. The van der Waals surface area contributed by atoms with Crippen molar-refractivity contribution in [2.45, 2.75) is 6.92 Å². The van der Waals surface area contributed by atoms with Crippen molar-refractivity contribution in [1.82, 2.24) is 0 Å². The SMILES string of the molecule is Cc1cccc2c1C(=O)C(c1ccc(O)cc1)=C(Br)C2=O. The number of hydrogen-bond donors (Lipinski definition) is 1. The Balaban J connectivity index is 2.25. The maximum Gasteiger partial charge on any atom is 0.201 e. The summed E-state index contributed by atoms with van der Waals surface area (Å²) in [5.41, 5.74) is 2.60. The largest absolute Gasteiger partial charge is 0.508 e. The van der Waals surface area contributed by atoms with Gasteiger partial charge >= 0.3 is 0 Å². The van der Waals surface area contributed by atoms with E-state index in [-0.39, 0.29) is 21.8 Å². The minimum atomic E-state index is -0.198. The Morgan fingerprint density at radius 3 is 2.29 bits per heavy atom. The summed E-state index contributed by atoms with van der Waals surface area (Å²) in [6.07, 6.45) is 0. The number of halogens is 1. The molecule has 104 valence electrons. The van der Waals surface area contributed by atoms with E-state index in [1.54, 1.807) is 24.3 Å². The lowest BCUT2D eigenvalue weighted by molar-refractivity contribution is 0.0998. The number of ketones is 2. The summed E-state index contributed by atoms with van der Waals surface area (Å²) in [5, 5.41) is 9.36. The predicted octanol–water partition coefficient (Wildman–Crippen LogP) is 3.89. The molecule has 1 aliphatic rings. The van der Waals surface area contributed by atoms with Crippen LogP contribution in [0.15, 0.2) is 46.9 Å². The van der Waals surface area contributed by atoms with Crippen LogP contribution in [0, 0.1) is 6.92 Å². The lowest BCUT2D eigenvalue weighted by Gasteiger charge is -2.19. The van der Waals surface area contributed by atoms with Crippen molar-refractivity contribution in [3.63, 3.8) is 0 Å². The zero-order valence-corrected chi connectivity index (χ0v) is 12.8. The summed E-state index contributed by atoms with van der Waals surface area (Å²) in [6, 6.07) is 11.5. The highest BCUT2D eigenvalue weighted by molar-refractivity contribution is 9.12. The summed E-state index contributed by atoms with van der Waals surface area (Å²) in [7, 11) is 0. The summed E-state index contributed by atoms with van der Waals surface area (Å²) in [5.74, 6) is -0.265. The molecule has 0 heterocycles. The maximum atomic E-state index is 12.8. The lowest BCUT2D eigenvalue weighted by atomic mass is 9.84. The first kappa shape index (κ1) is 13.8. The van der Waals surface area contributed by atoms with Gasteiger partial charge in [0.25, 0.3) is 0 Å². The molecule has 0 aromatic heterocycles. The zero-order chi connectivity index (χ0) is 15.1. The third-order valence-electron chi connectivity index (χ3n) is 3.55. The van der Waals surface area contributed by atoms with Gasteiger partial charge in [-0.2, -0.15) is 0 Å². The molecule has 1 aliphatic carbocycles. The van der Waals surface area contributed by atoms with E-state index in [2.05, 4.69) is 15.9 Å². The van der Waals surface area contributed by atoms with Gasteiger partial charge in [0.15, 0.2) is 5.78 Å². The van der Waals surface area contributed by atoms with E-state index in [4.69, 9.17) is 0 Å². The van der Waals surface area contributed by atoms with E-state index < -0.39 is 0 Å². The first-order valence-corrected chi connectivity index (χ1v) is 7.18. The fourth-order valence-electron chi connectivity index (χ4n) is 2.50. The average Bonchev–Trinajstić information content (AvgIpc) is 2.47. The molecular formula is C17H11BrO3. The number of rotatable bonds is 1. The van der Waals surface area contributed by atoms with Crippen molar-refractivity contribution < 1.29 is 14.7 Å². The number of hydrogen-bond acceptors (Lipinski definition) is 3. The molecule has 0 atom stereocenters. The summed E-state index contributed by atoms with van der Waals surface area (Å²) in [6.45, 7) is 1.82. The fourth-order valence-corrected chi connectivity index (χ4v) is 3.12. The minimum Gasteiger partial charge on any atom is -0.508 e. The molecule has 2 aromatic carbocycles. The van der Waals surface area contributed by atoms with Crippen LogP contribution in [0.2, 0.25) is 0 Å². The van der Waals surface area contributed by atoms with Crippen molar-refractivity contribution in [2.75, 3.05) is 0 Å². The van der Waals surface area contributed by atoms with Gasteiger partial charge in [-0.1, -0.05) is 30.3 Å². The van der Waals surface area contributed by atoms with Crippen molar-refractivity contribution >= 4 is 33.1 Å². The summed E-state index contributed by atoms with van der Waals surface area (Å²) >= 11 is 3.26. The van der Waals surface area contributed by atoms with Gasteiger partial charge in [-0.05, 0) is 46.1 Å². The van der Waals surface area contributed by atoms with Crippen LogP contribution in [0.1, 0.15) is 31.8 Å². The van der Waals surface area contributed by atoms with E-state index in [0.29, 0.717) is 22.3 Å². The van der Waals surface area contributed by atoms with Crippen LogP contribution >= 0.6 is 15.9 Å². The Morgan fingerprint density at radius 2 is 1.62 bits per heavy atom. The van der Waals surface area contributed by atoms with E-state index in [1.165, 1.54) is 12.1 Å². The second-order valence-corrected chi connectivity index (χ2v) is 5.68. The van der Waals surface area contributed by atoms with Gasteiger partial charge in [0.2, 0.25) is 5.78 Å². The van der Waals surface area contributed by atoms with Crippen molar-refractivity contribution in [2.24, 2.45) is 0 Å². The van der Waals surface area contributed by atoms with Gasteiger partial charge in [-0.25, -0.2) is 0 Å². The van der Waals surface area contributed by atoms with Crippen LogP contribution in [-0.4, -0.2) is 16.7 Å². The van der Waals surface area contributed by atoms with Crippen molar-refractivity contribution in [3.8, 4) is 5.75 Å². The number of fused-ring (bicyclic) bond motifs is 1. The first-order chi connectivity index (χ1) is 10.0. The standard InChI is InChI=1S/C17H11BrO3/c1-9-3-2-4-12-13(9)17(21)14(15(18)16(12)20)10-5-7-11(19)8-6-10/h2-8,19H,1H3. The molecule has 0 fully saturated rings. The Kier molecular flexibility index (Phi) is 3.26.